The summed E-state index contributed by atoms with van der Waals surface area (Å²) in [5, 5.41) is 10.1. The highest BCUT2D eigenvalue weighted by molar-refractivity contribution is 5.38. The molecule has 0 bridgehead atoms. The molecule has 0 saturated carbocycles. The molecular weight excluding hydrogens is 496 g/mol. The van der Waals surface area contributed by atoms with Crippen molar-refractivity contribution in [2.75, 3.05) is 0 Å². The Morgan fingerprint density at radius 2 is 1.32 bits per heavy atom. The van der Waals surface area contributed by atoms with E-state index in [0.717, 1.165) is 19.3 Å². The number of hydrogen-bond donors (Lipinski definition) is 1. The van der Waals surface area contributed by atoms with Crippen molar-refractivity contribution in [2.24, 2.45) is 10.8 Å². The number of aliphatic hydroxyl groups excluding tert-OH is 1. The van der Waals surface area contributed by atoms with Gasteiger partial charge in [0.1, 0.15) is 0 Å². The molecule has 0 fully saturated rings. The first-order chi connectivity index (χ1) is 19.2. The van der Waals surface area contributed by atoms with Crippen molar-refractivity contribution >= 4 is 0 Å². The second kappa shape index (κ2) is 16.1. The van der Waals surface area contributed by atoms with Crippen molar-refractivity contribution in [3.8, 4) is 0 Å². The van der Waals surface area contributed by atoms with E-state index in [1.165, 1.54) is 59.1 Å². The predicted molar refractivity (Wildman–Crippen MR) is 183 cm³/mol. The van der Waals surface area contributed by atoms with Crippen LogP contribution in [0.4, 0.5) is 0 Å². The van der Waals surface area contributed by atoms with E-state index in [1.807, 2.05) is 0 Å². The van der Waals surface area contributed by atoms with Crippen molar-refractivity contribution in [3.63, 3.8) is 0 Å². The molecule has 2 aliphatic carbocycles. The minimum absolute atomic E-state index is 0.0154. The van der Waals surface area contributed by atoms with Gasteiger partial charge in [0.2, 0.25) is 0 Å². The van der Waals surface area contributed by atoms with E-state index in [4.69, 9.17) is 0 Å². The highest BCUT2D eigenvalue weighted by atomic mass is 16.3. The molecule has 224 valence electrons. The topological polar surface area (TPSA) is 20.2 Å². The molecule has 0 aromatic rings. The molecule has 0 aromatic heterocycles. The molecule has 0 unspecified atom stereocenters. The molecule has 0 aliphatic heterocycles. The minimum Gasteiger partial charge on any atom is -0.393 e. The number of rotatable bonds is 11. The average molecular weight is 555 g/mol. The summed E-state index contributed by atoms with van der Waals surface area (Å²) in [4.78, 5) is 0. The van der Waals surface area contributed by atoms with E-state index in [0.29, 0.717) is 5.41 Å². The van der Waals surface area contributed by atoms with Gasteiger partial charge < -0.3 is 5.11 Å². The first kappa shape index (κ1) is 34.6. The van der Waals surface area contributed by atoms with Crippen LogP contribution in [0.15, 0.2) is 117 Å². The Morgan fingerprint density at radius 1 is 0.756 bits per heavy atom. The van der Waals surface area contributed by atoms with E-state index in [1.54, 1.807) is 11.1 Å². The van der Waals surface area contributed by atoms with Crippen LogP contribution in [0.3, 0.4) is 0 Å². The molecule has 0 heterocycles. The molecule has 2 aliphatic rings. The lowest BCUT2D eigenvalue weighted by Crippen LogP contribution is -2.28. The van der Waals surface area contributed by atoms with Crippen molar-refractivity contribution in [1.29, 1.82) is 0 Å². The lowest BCUT2D eigenvalue weighted by molar-refractivity contribution is 0.116. The molecule has 1 N–H and O–H groups in total. The number of aliphatic hydroxyl groups is 1. The smallest absolute Gasteiger partial charge is 0.0585 e. The van der Waals surface area contributed by atoms with Gasteiger partial charge in [-0.05, 0) is 103 Å². The molecule has 0 saturated heterocycles. The first-order valence-corrected chi connectivity index (χ1v) is 15.7. The maximum Gasteiger partial charge on any atom is 0.0585 e. The van der Waals surface area contributed by atoms with Gasteiger partial charge in [-0.1, -0.05) is 140 Å². The summed E-state index contributed by atoms with van der Waals surface area (Å²) in [5.74, 6) is 0. The fourth-order valence-corrected chi connectivity index (χ4v) is 6.32. The second-order valence-corrected chi connectivity index (χ2v) is 13.8. The van der Waals surface area contributed by atoms with Gasteiger partial charge in [-0.25, -0.2) is 0 Å². The lowest BCUT2D eigenvalue weighted by atomic mass is 9.71. The molecule has 1 atom stereocenters. The molecule has 0 radical (unpaired) electrons. The third-order valence-electron chi connectivity index (χ3n) is 8.73. The molecule has 1 heteroatoms. The summed E-state index contributed by atoms with van der Waals surface area (Å²) < 4.78 is 0. The summed E-state index contributed by atoms with van der Waals surface area (Å²) in [6, 6.07) is 0. The standard InChI is InChI=1S/C40H58O/c1-30(18-13-20-32(3)23-25-37-34(5)22-15-27-39(37,7)8)16-11-12-17-31(2)19-14-21-33(4)24-26-38-35(6)28-36(41)29-40(38,9)10/h11-14,16-21,24,26,36,41H,15,22-23,25,27-29H2,1-10H3/b12-11+,18-13+,19-14+,26-24+,30-16+,31-17+,32-20-,33-21+/t36-/m1/s1. The van der Waals surface area contributed by atoms with Crippen LogP contribution >= 0.6 is 0 Å². The Hall–Kier alpha value is -2.64. The minimum atomic E-state index is -0.218. The molecule has 0 amide bonds. The number of hydrogen-bond acceptors (Lipinski definition) is 1. The Morgan fingerprint density at radius 3 is 1.90 bits per heavy atom. The zero-order chi connectivity index (χ0) is 30.6. The van der Waals surface area contributed by atoms with Crippen LogP contribution in [0.2, 0.25) is 0 Å². The second-order valence-electron chi connectivity index (χ2n) is 13.8. The third-order valence-corrected chi connectivity index (χ3v) is 8.73. The molecule has 1 nitrogen and oxygen atoms in total. The fraction of sp³-hybridized carbons (Fsp3) is 0.500. The molecular formula is C40H58O. The van der Waals surface area contributed by atoms with Crippen LogP contribution in [0.1, 0.15) is 114 Å². The van der Waals surface area contributed by atoms with Gasteiger partial charge in [0.25, 0.3) is 0 Å². The fourth-order valence-electron chi connectivity index (χ4n) is 6.32. The maximum absolute atomic E-state index is 10.1. The van der Waals surface area contributed by atoms with Gasteiger partial charge in [0.15, 0.2) is 0 Å². The Kier molecular flexibility index (Phi) is 13.6. The summed E-state index contributed by atoms with van der Waals surface area (Å²) >= 11 is 0. The van der Waals surface area contributed by atoms with Gasteiger partial charge in [-0.15, -0.1) is 0 Å². The Balaban J connectivity index is 1.85. The average Bonchev–Trinajstić information content (AvgIpc) is 2.84. The summed E-state index contributed by atoms with van der Waals surface area (Å²) in [6.45, 7) is 22.4. The van der Waals surface area contributed by atoms with Crippen LogP contribution < -0.4 is 0 Å². The summed E-state index contributed by atoms with van der Waals surface area (Å²) in [6.07, 6.45) is 33.7. The highest BCUT2D eigenvalue weighted by Crippen LogP contribution is 2.43. The van der Waals surface area contributed by atoms with Crippen molar-refractivity contribution < 1.29 is 5.11 Å². The van der Waals surface area contributed by atoms with Crippen LogP contribution in [0.5, 0.6) is 0 Å². The molecule has 2 rings (SSSR count). The van der Waals surface area contributed by atoms with E-state index < -0.39 is 0 Å². The largest absolute Gasteiger partial charge is 0.393 e. The molecule has 0 aromatic carbocycles. The maximum atomic E-state index is 10.1. The molecule has 41 heavy (non-hydrogen) atoms. The van der Waals surface area contributed by atoms with E-state index in [2.05, 4.69) is 142 Å². The Labute approximate surface area is 253 Å². The van der Waals surface area contributed by atoms with E-state index in [-0.39, 0.29) is 11.5 Å². The van der Waals surface area contributed by atoms with Crippen LogP contribution in [0.25, 0.3) is 0 Å². The zero-order valence-electron chi connectivity index (χ0n) is 27.9. The van der Waals surface area contributed by atoms with Crippen LogP contribution in [-0.4, -0.2) is 11.2 Å². The van der Waals surface area contributed by atoms with Gasteiger partial charge in [-0.2, -0.15) is 0 Å². The normalized spacial score (nSPS) is 23.3. The summed E-state index contributed by atoms with van der Waals surface area (Å²) in [5.41, 5.74) is 11.5. The van der Waals surface area contributed by atoms with Crippen LogP contribution in [0, 0.1) is 10.8 Å². The monoisotopic (exact) mass is 554 g/mol. The molecule has 0 spiro atoms. The third kappa shape index (κ3) is 12.0. The van der Waals surface area contributed by atoms with Crippen molar-refractivity contribution in [3.05, 3.63) is 117 Å². The van der Waals surface area contributed by atoms with E-state index >= 15 is 0 Å². The lowest BCUT2D eigenvalue weighted by Gasteiger charge is -2.35. The van der Waals surface area contributed by atoms with Crippen molar-refractivity contribution in [1.82, 2.24) is 0 Å². The predicted octanol–water partition coefficient (Wildman–Crippen LogP) is 11.8. The van der Waals surface area contributed by atoms with Crippen molar-refractivity contribution in [2.45, 2.75) is 120 Å². The SMILES string of the molecule is CC1=C(/C=C/C(C)=C/C=C/C(C)=C/C=C/C=C(C)/C=C/C=C(/C)CCC2=C(C)CCCC2(C)C)C(C)(C)C[C@H](O)C1. The van der Waals surface area contributed by atoms with Gasteiger partial charge in [0.05, 0.1) is 6.10 Å². The summed E-state index contributed by atoms with van der Waals surface area (Å²) in [7, 11) is 0. The highest BCUT2D eigenvalue weighted by Gasteiger charge is 2.31. The van der Waals surface area contributed by atoms with Gasteiger partial charge >= 0.3 is 0 Å². The Bertz CT molecular complexity index is 1210. The number of allylic oxidation sites excluding steroid dienone is 19. The quantitative estimate of drug-likeness (QED) is 0.199. The van der Waals surface area contributed by atoms with Gasteiger partial charge in [-0.3, -0.25) is 0 Å². The van der Waals surface area contributed by atoms with Crippen LogP contribution in [-0.2, 0) is 0 Å². The van der Waals surface area contributed by atoms with Gasteiger partial charge in [0, 0.05) is 0 Å². The zero-order valence-corrected chi connectivity index (χ0v) is 27.9. The first-order valence-electron chi connectivity index (χ1n) is 15.7. The van der Waals surface area contributed by atoms with E-state index in [9.17, 15) is 5.11 Å².